The zero-order valence-electron chi connectivity index (χ0n) is 15.1. The SMILES string of the molecule is O=C(Cc1cccnc1)NCCC(O)(c1ccc(F)cc1)c1ccc(F)cc1. The Kier molecular flexibility index (Phi) is 6.11. The van der Waals surface area contributed by atoms with Gasteiger partial charge in [-0.3, -0.25) is 9.78 Å². The second-order valence-electron chi connectivity index (χ2n) is 6.51. The molecule has 0 saturated heterocycles. The van der Waals surface area contributed by atoms with E-state index in [1.54, 1.807) is 24.5 Å². The van der Waals surface area contributed by atoms with Gasteiger partial charge in [0, 0.05) is 25.4 Å². The molecular weight excluding hydrogens is 362 g/mol. The van der Waals surface area contributed by atoms with Gasteiger partial charge in [-0.1, -0.05) is 30.3 Å². The molecular formula is C22H20F2N2O2. The van der Waals surface area contributed by atoms with Crippen molar-refractivity contribution < 1.29 is 18.7 Å². The predicted octanol–water partition coefficient (Wildman–Crippen LogP) is 3.34. The van der Waals surface area contributed by atoms with E-state index >= 15 is 0 Å². The predicted molar refractivity (Wildman–Crippen MR) is 101 cm³/mol. The van der Waals surface area contributed by atoms with Crippen molar-refractivity contribution in [2.45, 2.75) is 18.4 Å². The summed E-state index contributed by atoms with van der Waals surface area (Å²) >= 11 is 0. The topological polar surface area (TPSA) is 62.2 Å². The second-order valence-corrected chi connectivity index (χ2v) is 6.51. The van der Waals surface area contributed by atoms with E-state index in [-0.39, 0.29) is 25.3 Å². The molecule has 28 heavy (non-hydrogen) atoms. The Hall–Kier alpha value is -3.12. The van der Waals surface area contributed by atoms with Crippen LogP contribution in [-0.4, -0.2) is 22.5 Å². The van der Waals surface area contributed by atoms with Crippen LogP contribution >= 0.6 is 0 Å². The highest BCUT2D eigenvalue weighted by Gasteiger charge is 2.31. The summed E-state index contributed by atoms with van der Waals surface area (Å²) in [6.45, 7) is 0.185. The Morgan fingerprint density at radius 1 is 0.964 bits per heavy atom. The number of hydrogen-bond donors (Lipinski definition) is 2. The van der Waals surface area contributed by atoms with E-state index in [0.717, 1.165) is 5.56 Å². The number of aromatic nitrogens is 1. The summed E-state index contributed by atoms with van der Waals surface area (Å²) in [6, 6.07) is 14.5. The number of nitrogens with zero attached hydrogens (tertiary/aromatic N) is 1. The lowest BCUT2D eigenvalue weighted by atomic mass is 9.83. The molecule has 1 aromatic heterocycles. The summed E-state index contributed by atoms with van der Waals surface area (Å²) in [5.41, 5.74) is 0.208. The van der Waals surface area contributed by atoms with E-state index in [0.29, 0.717) is 11.1 Å². The summed E-state index contributed by atoms with van der Waals surface area (Å²) in [6.07, 6.45) is 3.57. The van der Waals surface area contributed by atoms with Crippen LogP contribution in [0, 0.1) is 11.6 Å². The first-order valence-electron chi connectivity index (χ1n) is 8.87. The molecule has 0 unspecified atom stereocenters. The number of benzene rings is 2. The van der Waals surface area contributed by atoms with Crippen LogP contribution in [-0.2, 0) is 16.8 Å². The fourth-order valence-electron chi connectivity index (χ4n) is 3.04. The van der Waals surface area contributed by atoms with E-state index < -0.39 is 17.2 Å². The Morgan fingerprint density at radius 2 is 1.54 bits per heavy atom. The number of aliphatic hydroxyl groups is 1. The smallest absolute Gasteiger partial charge is 0.224 e. The largest absolute Gasteiger partial charge is 0.380 e. The van der Waals surface area contributed by atoms with Crippen molar-refractivity contribution in [2.75, 3.05) is 6.54 Å². The third-order valence-corrected chi connectivity index (χ3v) is 4.54. The molecule has 0 bridgehead atoms. The zero-order valence-corrected chi connectivity index (χ0v) is 15.1. The number of halogens is 2. The highest BCUT2D eigenvalue weighted by Crippen LogP contribution is 2.33. The van der Waals surface area contributed by atoms with Gasteiger partial charge in [-0.2, -0.15) is 0 Å². The van der Waals surface area contributed by atoms with Crippen LogP contribution < -0.4 is 5.32 Å². The van der Waals surface area contributed by atoms with E-state index in [2.05, 4.69) is 10.3 Å². The van der Waals surface area contributed by atoms with Crippen LogP contribution in [0.25, 0.3) is 0 Å². The first kappa shape index (κ1) is 19.6. The molecule has 3 aromatic rings. The lowest BCUT2D eigenvalue weighted by molar-refractivity contribution is -0.120. The van der Waals surface area contributed by atoms with Crippen molar-refractivity contribution in [3.63, 3.8) is 0 Å². The van der Waals surface area contributed by atoms with Gasteiger partial charge in [0.15, 0.2) is 0 Å². The molecule has 1 amide bonds. The van der Waals surface area contributed by atoms with Gasteiger partial charge >= 0.3 is 0 Å². The van der Waals surface area contributed by atoms with Crippen molar-refractivity contribution in [3.8, 4) is 0 Å². The first-order chi connectivity index (χ1) is 13.5. The molecule has 4 nitrogen and oxygen atoms in total. The van der Waals surface area contributed by atoms with Crippen molar-refractivity contribution in [3.05, 3.63) is 101 Å². The van der Waals surface area contributed by atoms with Gasteiger partial charge in [-0.05, 0) is 47.0 Å². The normalized spacial score (nSPS) is 11.2. The fourth-order valence-corrected chi connectivity index (χ4v) is 3.04. The Morgan fingerprint density at radius 3 is 2.04 bits per heavy atom. The Bertz CT molecular complexity index is 868. The molecule has 0 atom stereocenters. The minimum atomic E-state index is -1.50. The van der Waals surface area contributed by atoms with E-state index in [9.17, 15) is 18.7 Å². The number of pyridine rings is 1. The van der Waals surface area contributed by atoms with Gasteiger partial charge in [0.1, 0.15) is 17.2 Å². The molecule has 0 aliphatic carbocycles. The standard InChI is InChI=1S/C22H20F2N2O2/c23-19-7-3-17(4-8-19)22(28,18-5-9-20(24)10-6-18)11-13-26-21(27)14-16-2-1-12-25-15-16/h1-10,12,15,28H,11,13-14H2,(H,26,27). The molecule has 0 aliphatic rings. The molecule has 6 heteroatoms. The summed E-state index contributed by atoms with van der Waals surface area (Å²) in [5, 5.41) is 14.1. The lowest BCUT2D eigenvalue weighted by Crippen LogP contribution is -2.34. The number of nitrogens with one attached hydrogen (secondary N) is 1. The van der Waals surface area contributed by atoms with Crippen molar-refractivity contribution in [1.82, 2.24) is 10.3 Å². The molecule has 0 fully saturated rings. The summed E-state index contributed by atoms with van der Waals surface area (Å²) in [7, 11) is 0. The van der Waals surface area contributed by atoms with E-state index in [4.69, 9.17) is 0 Å². The maximum absolute atomic E-state index is 13.3. The fraction of sp³-hybridized carbons (Fsp3) is 0.182. The number of hydrogen-bond acceptors (Lipinski definition) is 3. The number of carbonyl (C=O) groups is 1. The van der Waals surface area contributed by atoms with Gasteiger partial charge in [-0.25, -0.2) is 8.78 Å². The van der Waals surface area contributed by atoms with Crippen molar-refractivity contribution >= 4 is 5.91 Å². The molecule has 0 aliphatic heterocycles. The van der Waals surface area contributed by atoms with E-state index in [1.807, 2.05) is 0 Å². The lowest BCUT2D eigenvalue weighted by Gasteiger charge is -2.29. The molecule has 3 rings (SSSR count). The minimum absolute atomic E-state index is 0.142. The van der Waals surface area contributed by atoms with Gasteiger partial charge in [0.2, 0.25) is 5.91 Å². The minimum Gasteiger partial charge on any atom is -0.380 e. The maximum atomic E-state index is 13.3. The van der Waals surface area contributed by atoms with Crippen molar-refractivity contribution in [2.24, 2.45) is 0 Å². The highest BCUT2D eigenvalue weighted by molar-refractivity contribution is 5.78. The van der Waals surface area contributed by atoms with Crippen LogP contribution in [0.15, 0.2) is 73.1 Å². The average Bonchev–Trinajstić information content (AvgIpc) is 2.69. The van der Waals surface area contributed by atoms with Gasteiger partial charge < -0.3 is 10.4 Å². The quantitative estimate of drug-likeness (QED) is 0.659. The van der Waals surface area contributed by atoms with Crippen LogP contribution in [0.2, 0.25) is 0 Å². The number of rotatable bonds is 7. The molecule has 0 spiro atoms. The van der Waals surface area contributed by atoms with Crippen LogP contribution in [0.3, 0.4) is 0 Å². The Labute approximate surface area is 161 Å². The average molecular weight is 382 g/mol. The van der Waals surface area contributed by atoms with Gasteiger partial charge in [-0.15, -0.1) is 0 Å². The first-order valence-corrected chi connectivity index (χ1v) is 8.87. The number of carbonyl (C=O) groups excluding carboxylic acids is 1. The molecule has 0 saturated carbocycles. The molecule has 2 aromatic carbocycles. The maximum Gasteiger partial charge on any atom is 0.224 e. The monoisotopic (exact) mass is 382 g/mol. The highest BCUT2D eigenvalue weighted by atomic mass is 19.1. The molecule has 0 radical (unpaired) electrons. The molecule has 144 valence electrons. The molecule has 1 heterocycles. The van der Waals surface area contributed by atoms with Crippen LogP contribution in [0.4, 0.5) is 8.78 Å². The number of amides is 1. The van der Waals surface area contributed by atoms with Gasteiger partial charge in [0.05, 0.1) is 6.42 Å². The van der Waals surface area contributed by atoms with Crippen LogP contribution in [0.1, 0.15) is 23.1 Å². The summed E-state index contributed by atoms with van der Waals surface area (Å²) < 4.78 is 26.6. The third kappa shape index (κ3) is 4.78. The van der Waals surface area contributed by atoms with Crippen molar-refractivity contribution in [1.29, 1.82) is 0 Å². The summed E-state index contributed by atoms with van der Waals surface area (Å²) in [4.78, 5) is 16.1. The summed E-state index contributed by atoms with van der Waals surface area (Å²) in [5.74, 6) is -1.04. The van der Waals surface area contributed by atoms with E-state index in [1.165, 1.54) is 48.5 Å². The molecule has 2 N–H and O–H groups in total. The zero-order chi connectivity index (χ0) is 20.0. The Balaban J connectivity index is 1.73. The van der Waals surface area contributed by atoms with Crippen LogP contribution in [0.5, 0.6) is 0 Å². The second kappa shape index (κ2) is 8.71. The van der Waals surface area contributed by atoms with Gasteiger partial charge in [0.25, 0.3) is 0 Å². The third-order valence-electron chi connectivity index (χ3n) is 4.54.